The van der Waals surface area contributed by atoms with E-state index in [4.69, 9.17) is 10.5 Å². The van der Waals surface area contributed by atoms with Gasteiger partial charge in [-0.3, -0.25) is 4.79 Å². The molecule has 0 bridgehead atoms. The molecule has 0 saturated heterocycles. The van der Waals surface area contributed by atoms with Crippen LogP contribution in [0.1, 0.15) is 21.8 Å². The maximum atomic E-state index is 12.2. The molecular formula is C15H19N3O2S. The molecule has 0 aliphatic rings. The van der Waals surface area contributed by atoms with Crippen molar-refractivity contribution >= 4 is 22.4 Å². The Bertz CT molecular complexity index is 598. The zero-order chi connectivity index (χ0) is 15.2. The van der Waals surface area contributed by atoms with Crippen molar-refractivity contribution in [1.29, 1.82) is 0 Å². The number of carbonyl (C=O) groups excluding carboxylic acids is 1. The quantitative estimate of drug-likeness (QED) is 0.833. The van der Waals surface area contributed by atoms with E-state index < -0.39 is 0 Å². The smallest absolute Gasteiger partial charge is 0.265 e. The summed E-state index contributed by atoms with van der Waals surface area (Å²) in [5.74, 6) is 0.805. The molecule has 5 nitrogen and oxygen atoms in total. The van der Waals surface area contributed by atoms with Crippen LogP contribution in [0.3, 0.4) is 0 Å². The summed E-state index contributed by atoms with van der Waals surface area (Å²) in [6.45, 7) is 3.00. The predicted molar refractivity (Wildman–Crippen MR) is 84.8 cm³/mol. The lowest BCUT2D eigenvalue weighted by Gasteiger charge is -2.16. The van der Waals surface area contributed by atoms with Crippen molar-refractivity contribution in [2.24, 2.45) is 0 Å². The van der Waals surface area contributed by atoms with Crippen molar-refractivity contribution in [3.05, 3.63) is 40.9 Å². The first-order valence-electron chi connectivity index (χ1n) is 6.74. The lowest BCUT2D eigenvalue weighted by Crippen LogP contribution is -2.28. The topological polar surface area (TPSA) is 68.5 Å². The second-order valence-corrected chi connectivity index (χ2v) is 5.74. The van der Waals surface area contributed by atoms with Gasteiger partial charge in [-0.25, -0.2) is 4.98 Å². The summed E-state index contributed by atoms with van der Waals surface area (Å²) >= 11 is 1.23. The molecule has 0 atom stereocenters. The van der Waals surface area contributed by atoms with E-state index in [0.717, 1.165) is 12.2 Å². The molecule has 21 heavy (non-hydrogen) atoms. The van der Waals surface area contributed by atoms with E-state index >= 15 is 0 Å². The van der Waals surface area contributed by atoms with E-state index in [2.05, 4.69) is 4.98 Å². The van der Waals surface area contributed by atoms with Crippen molar-refractivity contribution < 1.29 is 9.53 Å². The minimum atomic E-state index is -0.0404. The summed E-state index contributed by atoms with van der Waals surface area (Å²) in [5, 5.41) is 0.427. The predicted octanol–water partition coefficient (Wildman–Crippen LogP) is 2.57. The third-order valence-electron chi connectivity index (χ3n) is 3.00. The molecule has 1 amide bonds. The Kier molecular flexibility index (Phi) is 5.16. The number of benzene rings is 1. The maximum Gasteiger partial charge on any atom is 0.265 e. The fraction of sp³-hybridized carbons (Fsp3) is 0.333. The van der Waals surface area contributed by atoms with Gasteiger partial charge >= 0.3 is 0 Å². The van der Waals surface area contributed by atoms with Gasteiger partial charge < -0.3 is 15.4 Å². The van der Waals surface area contributed by atoms with Crippen molar-refractivity contribution in [1.82, 2.24) is 9.88 Å². The minimum Gasteiger partial charge on any atom is -0.494 e. The normalized spacial score (nSPS) is 10.4. The van der Waals surface area contributed by atoms with Gasteiger partial charge in [0.2, 0.25) is 0 Å². The van der Waals surface area contributed by atoms with Crippen molar-refractivity contribution in [2.45, 2.75) is 13.3 Å². The minimum absolute atomic E-state index is 0.0404. The average Bonchev–Trinajstić information content (AvgIpc) is 2.82. The Hall–Kier alpha value is -2.08. The van der Waals surface area contributed by atoms with Crippen LogP contribution in [0.2, 0.25) is 0 Å². The molecule has 6 heteroatoms. The molecule has 0 radical (unpaired) electrons. The second kappa shape index (κ2) is 7.08. The molecule has 0 saturated carbocycles. The number of ether oxygens (including phenoxy) is 1. The monoisotopic (exact) mass is 305 g/mol. The summed E-state index contributed by atoms with van der Waals surface area (Å²) in [7, 11) is 1.78. The van der Waals surface area contributed by atoms with Crippen molar-refractivity contribution in [3.8, 4) is 5.75 Å². The van der Waals surface area contributed by atoms with Crippen molar-refractivity contribution in [3.63, 3.8) is 0 Å². The molecule has 0 spiro atoms. The molecule has 1 aromatic carbocycles. The number of aromatic nitrogens is 1. The first-order chi connectivity index (χ1) is 10.1. The lowest BCUT2D eigenvalue weighted by molar-refractivity contribution is 0.0791. The largest absolute Gasteiger partial charge is 0.494 e. The summed E-state index contributed by atoms with van der Waals surface area (Å²) in [4.78, 5) is 18.6. The fourth-order valence-corrected chi connectivity index (χ4v) is 2.73. The Balaban J connectivity index is 1.78. The van der Waals surface area contributed by atoms with Gasteiger partial charge in [-0.05, 0) is 25.5 Å². The summed E-state index contributed by atoms with van der Waals surface area (Å²) in [5.41, 5.74) is 6.31. The number of rotatable bonds is 6. The van der Waals surface area contributed by atoms with Crippen LogP contribution in [0.25, 0.3) is 0 Å². The summed E-state index contributed by atoms with van der Waals surface area (Å²) in [6, 6.07) is 9.64. The summed E-state index contributed by atoms with van der Waals surface area (Å²) in [6.07, 6.45) is 0.768. The number of amides is 1. The molecule has 2 N–H and O–H groups in total. The molecule has 2 aromatic rings. The number of anilines is 1. The van der Waals surface area contributed by atoms with Crippen LogP contribution in [0.5, 0.6) is 5.75 Å². The highest BCUT2D eigenvalue weighted by Gasteiger charge is 2.17. The molecule has 1 heterocycles. The average molecular weight is 305 g/mol. The third kappa shape index (κ3) is 4.19. The van der Waals surface area contributed by atoms with Crippen LogP contribution in [-0.4, -0.2) is 36.0 Å². The zero-order valence-electron chi connectivity index (χ0n) is 12.2. The van der Waals surface area contributed by atoms with Crippen LogP contribution < -0.4 is 10.5 Å². The number of nitrogen functional groups attached to an aromatic ring is 1. The van der Waals surface area contributed by atoms with E-state index in [1.807, 2.05) is 30.3 Å². The summed E-state index contributed by atoms with van der Waals surface area (Å²) < 4.78 is 5.60. The number of nitrogens with zero attached hydrogens (tertiary/aromatic N) is 2. The highest BCUT2D eigenvalue weighted by Crippen LogP contribution is 2.21. The molecule has 2 rings (SSSR count). The van der Waals surface area contributed by atoms with Gasteiger partial charge in [-0.1, -0.05) is 29.5 Å². The first-order valence-corrected chi connectivity index (χ1v) is 7.56. The highest BCUT2D eigenvalue weighted by molar-refractivity contribution is 7.17. The molecule has 0 unspecified atom stereocenters. The first kappa shape index (κ1) is 15.3. The van der Waals surface area contributed by atoms with Gasteiger partial charge in [0, 0.05) is 13.6 Å². The number of nitrogens with two attached hydrogens (primary N) is 1. The van der Waals surface area contributed by atoms with Gasteiger partial charge in [0.25, 0.3) is 5.91 Å². The van der Waals surface area contributed by atoms with Gasteiger partial charge in [0.1, 0.15) is 10.6 Å². The van der Waals surface area contributed by atoms with E-state index in [-0.39, 0.29) is 5.91 Å². The number of hydrogen-bond acceptors (Lipinski definition) is 5. The SMILES string of the molecule is Cc1nc(N)sc1C(=O)N(C)CCCOc1ccccc1. The number of thiazole rings is 1. The van der Waals surface area contributed by atoms with Crippen LogP contribution in [0.4, 0.5) is 5.13 Å². The number of para-hydroxylation sites is 1. The maximum absolute atomic E-state index is 12.2. The number of aryl methyl sites for hydroxylation is 1. The molecule has 1 aromatic heterocycles. The van der Waals surface area contributed by atoms with E-state index in [0.29, 0.717) is 28.9 Å². The fourth-order valence-electron chi connectivity index (χ4n) is 1.90. The molecule has 0 aliphatic heterocycles. The second-order valence-electron chi connectivity index (χ2n) is 4.71. The van der Waals surface area contributed by atoms with Crippen LogP contribution in [0, 0.1) is 6.92 Å². The molecule has 0 aliphatic carbocycles. The Morgan fingerprint density at radius 1 is 1.38 bits per heavy atom. The van der Waals surface area contributed by atoms with Gasteiger partial charge in [-0.2, -0.15) is 0 Å². The molecule has 0 fully saturated rings. The van der Waals surface area contributed by atoms with Gasteiger partial charge in [0.15, 0.2) is 5.13 Å². The van der Waals surface area contributed by atoms with Gasteiger partial charge in [-0.15, -0.1) is 0 Å². The number of hydrogen-bond donors (Lipinski definition) is 1. The Labute approximate surface area is 128 Å². The van der Waals surface area contributed by atoms with Crippen molar-refractivity contribution in [2.75, 3.05) is 25.9 Å². The zero-order valence-corrected chi connectivity index (χ0v) is 13.0. The van der Waals surface area contributed by atoms with E-state index in [1.165, 1.54) is 11.3 Å². The molecule has 112 valence electrons. The standard InChI is InChI=1S/C15H19N3O2S/c1-11-13(21-15(16)17-11)14(19)18(2)9-6-10-20-12-7-4-3-5-8-12/h3-5,7-8H,6,9-10H2,1-2H3,(H2,16,17). The van der Waals surface area contributed by atoms with Gasteiger partial charge in [0.05, 0.1) is 12.3 Å². The highest BCUT2D eigenvalue weighted by atomic mass is 32.1. The Morgan fingerprint density at radius 3 is 2.71 bits per heavy atom. The molecular weight excluding hydrogens is 286 g/mol. The van der Waals surface area contributed by atoms with Crippen LogP contribution in [0.15, 0.2) is 30.3 Å². The van der Waals surface area contributed by atoms with E-state index in [9.17, 15) is 4.79 Å². The van der Waals surface area contributed by atoms with Crippen LogP contribution >= 0.6 is 11.3 Å². The van der Waals surface area contributed by atoms with E-state index in [1.54, 1.807) is 18.9 Å². The third-order valence-corrected chi connectivity index (χ3v) is 3.98. The lowest BCUT2D eigenvalue weighted by atomic mass is 10.3. The number of carbonyl (C=O) groups is 1. The van der Waals surface area contributed by atoms with Crippen LogP contribution in [-0.2, 0) is 0 Å². The Morgan fingerprint density at radius 2 is 2.10 bits per heavy atom.